The largest absolute Gasteiger partial charge is 0.469 e. The molecule has 0 amide bonds. The van der Waals surface area contributed by atoms with E-state index in [-0.39, 0.29) is 41.8 Å². The number of aliphatic imine (C=N–C) groups is 1. The minimum Gasteiger partial charge on any atom is -0.469 e. The zero-order valence-electron chi connectivity index (χ0n) is 15.4. The van der Waals surface area contributed by atoms with Crippen molar-refractivity contribution in [3.63, 3.8) is 0 Å². The predicted molar refractivity (Wildman–Crippen MR) is 108 cm³/mol. The van der Waals surface area contributed by atoms with Gasteiger partial charge in [-0.3, -0.25) is 9.79 Å². The second kappa shape index (κ2) is 10.4. The summed E-state index contributed by atoms with van der Waals surface area (Å²) in [6, 6.07) is 0. The van der Waals surface area contributed by atoms with Gasteiger partial charge in [-0.05, 0) is 12.8 Å². The molecule has 0 radical (unpaired) electrons. The molecule has 2 rings (SSSR count). The highest BCUT2D eigenvalue weighted by atomic mass is 127. The van der Waals surface area contributed by atoms with Gasteiger partial charge in [-0.15, -0.1) is 35.3 Å². The summed E-state index contributed by atoms with van der Waals surface area (Å²) in [5.41, 5.74) is -0.859. The molecule has 0 spiro atoms. The van der Waals surface area contributed by atoms with Crippen LogP contribution in [0.4, 0.5) is 13.2 Å². The number of esters is 1. The number of rotatable bonds is 5. The number of methoxy groups -OCH3 is 1. The summed E-state index contributed by atoms with van der Waals surface area (Å²) in [7, 11) is 1.38. The lowest BCUT2D eigenvalue weighted by molar-refractivity contribution is -0.146. The van der Waals surface area contributed by atoms with Crippen LogP contribution in [-0.2, 0) is 22.1 Å². The van der Waals surface area contributed by atoms with Crippen molar-refractivity contribution >= 4 is 47.2 Å². The molecule has 2 atom stereocenters. The second-order valence-electron chi connectivity index (χ2n) is 6.12. The number of ether oxygens (including phenoxy) is 1. The van der Waals surface area contributed by atoms with E-state index < -0.39 is 11.9 Å². The Bertz CT molecular complexity index is 654. The molecule has 1 aromatic heterocycles. The topological polar surface area (TPSA) is 66.8 Å². The standard InChI is InChI=1S/C16H23F3N4O2S.HI/c1-4-20-15(23-7-10(2)11(8-23)14(24)25-3)21-6-5-13-22-12(9-26-13)16(17,18)19;/h9-11H,4-8H2,1-3H3,(H,20,21);1H. The minimum absolute atomic E-state index is 0. The molecule has 0 aliphatic carbocycles. The van der Waals surface area contributed by atoms with Crippen LogP contribution in [0.3, 0.4) is 0 Å². The van der Waals surface area contributed by atoms with Crippen molar-refractivity contribution in [3.05, 3.63) is 16.1 Å². The Hall–Kier alpha value is -1.11. The van der Waals surface area contributed by atoms with Gasteiger partial charge in [0.05, 0.1) is 18.0 Å². The first-order valence-corrected chi connectivity index (χ1v) is 9.26. The number of likely N-dealkylation sites (tertiary alicyclic amines) is 1. The Morgan fingerprint density at radius 2 is 2.19 bits per heavy atom. The average Bonchev–Trinajstić information content (AvgIpc) is 3.20. The number of hydrogen-bond acceptors (Lipinski definition) is 5. The van der Waals surface area contributed by atoms with Gasteiger partial charge in [0.25, 0.3) is 0 Å². The molecular formula is C16H24F3IN4O2S. The van der Waals surface area contributed by atoms with Gasteiger partial charge in [-0.2, -0.15) is 13.2 Å². The van der Waals surface area contributed by atoms with Gasteiger partial charge in [0, 0.05) is 38.0 Å². The summed E-state index contributed by atoms with van der Waals surface area (Å²) in [5, 5.41) is 4.59. The molecule has 1 fully saturated rings. The molecule has 0 aromatic carbocycles. The van der Waals surface area contributed by atoms with Gasteiger partial charge in [-0.1, -0.05) is 6.92 Å². The molecule has 27 heavy (non-hydrogen) atoms. The van der Waals surface area contributed by atoms with E-state index in [4.69, 9.17) is 4.74 Å². The molecule has 0 bridgehead atoms. The molecular weight excluding hydrogens is 496 g/mol. The van der Waals surface area contributed by atoms with Crippen LogP contribution in [0.5, 0.6) is 0 Å². The molecule has 1 aromatic rings. The fourth-order valence-electron chi connectivity index (χ4n) is 2.84. The lowest BCUT2D eigenvalue weighted by Gasteiger charge is -2.21. The lowest BCUT2D eigenvalue weighted by Crippen LogP contribution is -2.40. The first-order chi connectivity index (χ1) is 12.3. The van der Waals surface area contributed by atoms with Crippen molar-refractivity contribution < 1.29 is 22.7 Å². The van der Waals surface area contributed by atoms with Crippen LogP contribution in [0.1, 0.15) is 24.5 Å². The number of carbonyl (C=O) groups excluding carboxylic acids is 1. The van der Waals surface area contributed by atoms with E-state index in [0.29, 0.717) is 43.6 Å². The Morgan fingerprint density at radius 1 is 1.48 bits per heavy atom. The number of carbonyl (C=O) groups is 1. The van der Waals surface area contributed by atoms with E-state index in [1.807, 2.05) is 18.7 Å². The maximum atomic E-state index is 12.6. The molecule has 1 N–H and O–H groups in total. The predicted octanol–water partition coefficient (Wildman–Crippen LogP) is 3.03. The van der Waals surface area contributed by atoms with Gasteiger partial charge in [0.15, 0.2) is 11.7 Å². The maximum absolute atomic E-state index is 12.6. The summed E-state index contributed by atoms with van der Waals surface area (Å²) in [4.78, 5) is 21.9. The molecule has 2 heterocycles. The van der Waals surface area contributed by atoms with E-state index in [2.05, 4.69) is 15.3 Å². The van der Waals surface area contributed by atoms with Crippen LogP contribution in [0, 0.1) is 11.8 Å². The highest BCUT2D eigenvalue weighted by Crippen LogP contribution is 2.30. The molecule has 11 heteroatoms. The minimum atomic E-state index is -4.42. The zero-order chi connectivity index (χ0) is 19.3. The summed E-state index contributed by atoms with van der Waals surface area (Å²) in [5.74, 6) is 0.341. The van der Waals surface area contributed by atoms with Crippen LogP contribution in [0.25, 0.3) is 0 Å². The fraction of sp³-hybridized carbons (Fsp3) is 0.688. The van der Waals surface area contributed by atoms with Gasteiger partial charge < -0.3 is 15.0 Å². The SMILES string of the molecule is CCNC(=NCCc1nc(C(F)(F)F)cs1)N1CC(C)C(C(=O)OC)C1.I. The first-order valence-electron chi connectivity index (χ1n) is 8.39. The van der Waals surface area contributed by atoms with E-state index in [1.54, 1.807) is 0 Å². The normalized spacial score (nSPS) is 20.4. The summed E-state index contributed by atoms with van der Waals surface area (Å²) < 4.78 is 42.6. The van der Waals surface area contributed by atoms with Crippen molar-refractivity contribution in [2.75, 3.05) is 33.3 Å². The van der Waals surface area contributed by atoms with Crippen molar-refractivity contribution in [2.45, 2.75) is 26.4 Å². The van der Waals surface area contributed by atoms with Crippen molar-refractivity contribution in [1.29, 1.82) is 0 Å². The molecule has 154 valence electrons. The molecule has 6 nitrogen and oxygen atoms in total. The average molecular weight is 520 g/mol. The van der Waals surface area contributed by atoms with Gasteiger partial charge in [0.2, 0.25) is 0 Å². The maximum Gasteiger partial charge on any atom is 0.434 e. The first kappa shape index (κ1) is 23.9. The van der Waals surface area contributed by atoms with E-state index in [1.165, 1.54) is 7.11 Å². The van der Waals surface area contributed by atoms with Crippen molar-refractivity contribution in [2.24, 2.45) is 16.8 Å². The third kappa shape index (κ3) is 6.47. The fourth-order valence-corrected chi connectivity index (χ4v) is 3.63. The number of nitrogens with zero attached hydrogens (tertiary/aromatic N) is 3. The highest BCUT2D eigenvalue weighted by molar-refractivity contribution is 14.0. The molecule has 1 aliphatic heterocycles. The summed E-state index contributed by atoms with van der Waals surface area (Å²) >= 11 is 0.986. The number of nitrogens with one attached hydrogen (secondary N) is 1. The molecule has 2 unspecified atom stereocenters. The van der Waals surface area contributed by atoms with Crippen LogP contribution in [-0.4, -0.2) is 55.1 Å². The van der Waals surface area contributed by atoms with Gasteiger partial charge in [0.1, 0.15) is 0 Å². The van der Waals surface area contributed by atoms with Gasteiger partial charge in [-0.25, -0.2) is 4.98 Å². The summed E-state index contributed by atoms with van der Waals surface area (Å²) in [6.07, 6.45) is -4.08. The quantitative estimate of drug-likeness (QED) is 0.280. The van der Waals surface area contributed by atoms with Crippen molar-refractivity contribution in [3.8, 4) is 0 Å². The molecule has 1 saturated heterocycles. The second-order valence-corrected chi connectivity index (χ2v) is 7.06. The lowest BCUT2D eigenvalue weighted by atomic mass is 9.99. The number of halogens is 4. The van der Waals surface area contributed by atoms with Crippen LogP contribution in [0.15, 0.2) is 10.4 Å². The van der Waals surface area contributed by atoms with Crippen LogP contribution >= 0.6 is 35.3 Å². The Morgan fingerprint density at radius 3 is 2.74 bits per heavy atom. The monoisotopic (exact) mass is 520 g/mol. The van der Waals surface area contributed by atoms with E-state index in [0.717, 1.165) is 16.7 Å². The zero-order valence-corrected chi connectivity index (χ0v) is 18.5. The number of hydrogen-bond donors (Lipinski definition) is 1. The Kier molecular flexibility index (Phi) is 9.25. The summed E-state index contributed by atoms with van der Waals surface area (Å²) in [6.45, 7) is 6.07. The van der Waals surface area contributed by atoms with E-state index in [9.17, 15) is 18.0 Å². The van der Waals surface area contributed by atoms with Crippen molar-refractivity contribution in [1.82, 2.24) is 15.2 Å². The number of aromatic nitrogens is 1. The smallest absolute Gasteiger partial charge is 0.434 e. The third-order valence-electron chi connectivity index (χ3n) is 4.18. The third-order valence-corrected chi connectivity index (χ3v) is 5.09. The number of guanidine groups is 1. The molecule has 0 saturated carbocycles. The van der Waals surface area contributed by atoms with Crippen LogP contribution < -0.4 is 5.32 Å². The van der Waals surface area contributed by atoms with Gasteiger partial charge >= 0.3 is 12.1 Å². The van der Waals surface area contributed by atoms with Crippen LogP contribution in [0.2, 0.25) is 0 Å². The number of thiazole rings is 1. The number of alkyl halides is 3. The van der Waals surface area contributed by atoms with E-state index >= 15 is 0 Å². The highest BCUT2D eigenvalue weighted by Gasteiger charge is 2.37. The Balaban J connectivity index is 0.00000364. The molecule has 1 aliphatic rings. The Labute approximate surface area is 177 Å².